The van der Waals surface area contributed by atoms with Crippen molar-refractivity contribution < 1.29 is 9.53 Å². The van der Waals surface area contributed by atoms with Crippen molar-refractivity contribution in [2.24, 2.45) is 0 Å². The molecule has 0 saturated heterocycles. The van der Waals surface area contributed by atoms with E-state index >= 15 is 0 Å². The van der Waals surface area contributed by atoms with E-state index in [1.54, 1.807) is 0 Å². The number of amides is 1. The van der Waals surface area contributed by atoms with Gasteiger partial charge in [-0.2, -0.15) is 0 Å². The molecule has 5 heteroatoms. The van der Waals surface area contributed by atoms with Crippen LogP contribution >= 0.6 is 0 Å². The first-order valence-corrected chi connectivity index (χ1v) is 10.0. The number of hydrogen-bond acceptors (Lipinski definition) is 3. The first kappa shape index (κ1) is 17.5. The molecule has 3 heterocycles. The standard InChI is InChI=1S/C21H29N3O2/c1-3-10-26-11-7-20(25)23-8-9-24-19(14-23)15(2)18-12-17(13-22-21(18)24)16-5-4-6-16/h12-13,16H,3-11,14H2,1-2H3. The molecule has 1 amide bonds. The Labute approximate surface area is 155 Å². The van der Waals surface area contributed by atoms with Crippen LogP contribution in [0.25, 0.3) is 11.0 Å². The van der Waals surface area contributed by atoms with Gasteiger partial charge in [-0.25, -0.2) is 4.98 Å². The number of nitrogens with zero attached hydrogens (tertiary/aromatic N) is 3. The minimum Gasteiger partial charge on any atom is -0.381 e. The number of ether oxygens (including phenoxy) is 1. The molecule has 1 aliphatic carbocycles. The van der Waals surface area contributed by atoms with Gasteiger partial charge in [0.2, 0.25) is 5.91 Å². The number of carbonyl (C=O) groups excluding carboxylic acids is 1. The predicted molar refractivity (Wildman–Crippen MR) is 102 cm³/mol. The summed E-state index contributed by atoms with van der Waals surface area (Å²) in [7, 11) is 0. The highest BCUT2D eigenvalue weighted by Gasteiger charge is 2.26. The summed E-state index contributed by atoms with van der Waals surface area (Å²) < 4.78 is 7.79. The molecule has 0 spiro atoms. The van der Waals surface area contributed by atoms with Gasteiger partial charge < -0.3 is 14.2 Å². The summed E-state index contributed by atoms with van der Waals surface area (Å²) >= 11 is 0. The summed E-state index contributed by atoms with van der Waals surface area (Å²) in [6, 6.07) is 2.34. The molecule has 0 bridgehead atoms. The van der Waals surface area contributed by atoms with E-state index in [1.165, 1.54) is 41.5 Å². The van der Waals surface area contributed by atoms with Crippen LogP contribution in [-0.4, -0.2) is 40.1 Å². The van der Waals surface area contributed by atoms with Gasteiger partial charge >= 0.3 is 0 Å². The van der Waals surface area contributed by atoms with Crippen LogP contribution in [0.5, 0.6) is 0 Å². The molecule has 1 aliphatic heterocycles. The number of hydrogen-bond donors (Lipinski definition) is 0. The zero-order chi connectivity index (χ0) is 18.1. The summed E-state index contributed by atoms with van der Waals surface area (Å²) in [5, 5.41) is 1.27. The fourth-order valence-electron chi connectivity index (χ4n) is 4.12. The normalized spacial score (nSPS) is 17.4. The van der Waals surface area contributed by atoms with Crippen LogP contribution in [0.1, 0.15) is 61.8 Å². The molecule has 0 atom stereocenters. The second kappa shape index (κ2) is 7.39. The molecule has 2 aliphatic rings. The summed E-state index contributed by atoms with van der Waals surface area (Å²) in [6.07, 6.45) is 7.47. The fraction of sp³-hybridized carbons (Fsp3) is 0.619. The lowest BCUT2D eigenvalue weighted by molar-refractivity contribution is -0.133. The second-order valence-corrected chi connectivity index (χ2v) is 7.67. The Bertz CT molecular complexity index is 807. The smallest absolute Gasteiger partial charge is 0.225 e. The molecule has 0 radical (unpaired) electrons. The van der Waals surface area contributed by atoms with Gasteiger partial charge in [-0.3, -0.25) is 4.79 Å². The predicted octanol–water partition coefficient (Wildman–Crippen LogP) is 3.77. The van der Waals surface area contributed by atoms with Gasteiger partial charge in [0.15, 0.2) is 0 Å². The summed E-state index contributed by atoms with van der Waals surface area (Å²) in [6.45, 7) is 7.80. The van der Waals surface area contributed by atoms with Crippen molar-refractivity contribution in [1.29, 1.82) is 0 Å². The summed E-state index contributed by atoms with van der Waals surface area (Å²) in [4.78, 5) is 19.3. The molecule has 0 unspecified atom stereocenters. The van der Waals surface area contributed by atoms with Crippen molar-refractivity contribution in [3.8, 4) is 0 Å². The molecule has 0 N–H and O–H groups in total. The topological polar surface area (TPSA) is 47.4 Å². The highest BCUT2D eigenvalue weighted by Crippen LogP contribution is 2.38. The highest BCUT2D eigenvalue weighted by atomic mass is 16.5. The van der Waals surface area contributed by atoms with Crippen molar-refractivity contribution in [1.82, 2.24) is 14.5 Å². The molecule has 4 rings (SSSR count). The number of fused-ring (bicyclic) bond motifs is 3. The summed E-state index contributed by atoms with van der Waals surface area (Å²) in [5.74, 6) is 0.893. The average molecular weight is 355 g/mol. The monoisotopic (exact) mass is 355 g/mol. The fourth-order valence-corrected chi connectivity index (χ4v) is 4.12. The third kappa shape index (κ3) is 3.13. The Balaban J connectivity index is 1.52. The molecule has 26 heavy (non-hydrogen) atoms. The van der Waals surface area contributed by atoms with Crippen LogP contribution in [0.2, 0.25) is 0 Å². The van der Waals surface area contributed by atoms with Gasteiger partial charge in [0.25, 0.3) is 0 Å². The van der Waals surface area contributed by atoms with E-state index in [9.17, 15) is 4.79 Å². The molecular formula is C21H29N3O2. The number of rotatable bonds is 6. The Morgan fingerprint density at radius 2 is 2.15 bits per heavy atom. The Hall–Kier alpha value is -1.88. The SMILES string of the molecule is CCCOCCC(=O)N1CCn2c(c(C)c3cc(C4CCC4)cnc32)C1. The maximum absolute atomic E-state index is 12.5. The third-order valence-corrected chi connectivity index (χ3v) is 5.98. The van der Waals surface area contributed by atoms with Gasteiger partial charge in [-0.15, -0.1) is 0 Å². The number of aryl methyl sites for hydroxylation is 1. The van der Waals surface area contributed by atoms with E-state index in [0.717, 1.165) is 31.8 Å². The van der Waals surface area contributed by atoms with E-state index in [2.05, 4.69) is 30.7 Å². The average Bonchev–Trinajstić information content (AvgIpc) is 2.89. The summed E-state index contributed by atoms with van der Waals surface area (Å²) in [5.41, 5.74) is 5.00. The molecule has 0 aromatic carbocycles. The largest absolute Gasteiger partial charge is 0.381 e. The Morgan fingerprint density at radius 3 is 2.88 bits per heavy atom. The van der Waals surface area contributed by atoms with Crippen LogP contribution in [-0.2, 0) is 22.6 Å². The lowest BCUT2D eigenvalue weighted by atomic mass is 9.80. The van der Waals surface area contributed by atoms with E-state index in [0.29, 0.717) is 25.5 Å². The van der Waals surface area contributed by atoms with Gasteiger partial charge in [0.1, 0.15) is 5.65 Å². The Kier molecular flexibility index (Phi) is 4.98. The van der Waals surface area contributed by atoms with Crippen molar-refractivity contribution >= 4 is 16.9 Å². The van der Waals surface area contributed by atoms with Crippen LogP contribution in [0.3, 0.4) is 0 Å². The molecule has 140 valence electrons. The number of aromatic nitrogens is 2. The molecule has 1 fully saturated rings. The van der Waals surface area contributed by atoms with E-state index in [-0.39, 0.29) is 5.91 Å². The molecule has 2 aromatic rings. The van der Waals surface area contributed by atoms with Gasteiger partial charge in [-0.1, -0.05) is 13.3 Å². The molecule has 5 nitrogen and oxygen atoms in total. The highest BCUT2D eigenvalue weighted by molar-refractivity contribution is 5.83. The molecule has 1 saturated carbocycles. The van der Waals surface area contributed by atoms with Crippen LogP contribution < -0.4 is 0 Å². The number of carbonyl (C=O) groups is 1. The zero-order valence-corrected chi connectivity index (χ0v) is 16.0. The van der Waals surface area contributed by atoms with Crippen molar-refractivity contribution in [2.75, 3.05) is 19.8 Å². The first-order chi connectivity index (χ1) is 12.7. The minimum atomic E-state index is 0.195. The second-order valence-electron chi connectivity index (χ2n) is 7.67. The first-order valence-electron chi connectivity index (χ1n) is 10.0. The van der Waals surface area contributed by atoms with Crippen LogP contribution in [0.15, 0.2) is 12.3 Å². The van der Waals surface area contributed by atoms with Gasteiger partial charge in [0, 0.05) is 37.0 Å². The molecule has 2 aromatic heterocycles. The maximum atomic E-state index is 12.5. The maximum Gasteiger partial charge on any atom is 0.225 e. The number of pyridine rings is 1. The van der Waals surface area contributed by atoms with Crippen LogP contribution in [0, 0.1) is 6.92 Å². The zero-order valence-electron chi connectivity index (χ0n) is 16.0. The van der Waals surface area contributed by atoms with Crippen molar-refractivity contribution in [3.63, 3.8) is 0 Å². The Morgan fingerprint density at radius 1 is 1.31 bits per heavy atom. The minimum absolute atomic E-state index is 0.195. The van der Waals surface area contributed by atoms with Gasteiger partial charge in [0.05, 0.1) is 19.6 Å². The third-order valence-electron chi connectivity index (χ3n) is 5.98. The van der Waals surface area contributed by atoms with E-state index < -0.39 is 0 Å². The van der Waals surface area contributed by atoms with Gasteiger partial charge in [-0.05, 0) is 49.3 Å². The van der Waals surface area contributed by atoms with Crippen molar-refractivity contribution in [2.45, 2.75) is 65.0 Å². The molecular weight excluding hydrogens is 326 g/mol. The quantitative estimate of drug-likeness (QED) is 0.741. The van der Waals surface area contributed by atoms with Crippen molar-refractivity contribution in [3.05, 3.63) is 29.1 Å². The van der Waals surface area contributed by atoms with Crippen LogP contribution in [0.4, 0.5) is 0 Å². The van der Waals surface area contributed by atoms with E-state index in [4.69, 9.17) is 9.72 Å². The lowest BCUT2D eigenvalue weighted by Gasteiger charge is -2.29. The lowest BCUT2D eigenvalue weighted by Crippen LogP contribution is -2.38. The van der Waals surface area contributed by atoms with E-state index in [1.807, 2.05) is 4.90 Å².